The van der Waals surface area contributed by atoms with Crippen LogP contribution < -0.4 is 20.7 Å². The van der Waals surface area contributed by atoms with Crippen molar-refractivity contribution in [3.63, 3.8) is 0 Å². The first kappa shape index (κ1) is 24.5. The average molecular weight is 635 g/mol. The SMILES string of the molecule is CC(=O)/C=C(/C)O.C[Si]1(C)c2ccc[c-]c2-c2nccc3c2-c2c1cccc2[Si]3(C)C.[Ir]. The van der Waals surface area contributed by atoms with Crippen molar-refractivity contribution in [2.75, 3.05) is 0 Å². The number of hydrogen-bond acceptors (Lipinski definition) is 3. The van der Waals surface area contributed by atoms with E-state index < -0.39 is 16.1 Å². The summed E-state index contributed by atoms with van der Waals surface area (Å²) < 4.78 is 0. The van der Waals surface area contributed by atoms with E-state index in [9.17, 15) is 4.79 Å². The standard InChI is InChI=1S/C21H20NSi2.C5H8O2.Ir/c1-23(2)15-9-6-5-8-14(15)21-20-18(12-13-22-21)24(3,4)17-11-7-10-16(23)19(17)20;1-4(6)3-5(2)7;/h5-7,9-13H,1-4H3;3,6H,1-2H3;/q-1;;/b;4-3-;. The van der Waals surface area contributed by atoms with Gasteiger partial charge in [-0.2, -0.15) is 0 Å². The van der Waals surface area contributed by atoms with Crippen molar-refractivity contribution in [3.05, 3.63) is 66.6 Å². The predicted octanol–water partition coefficient (Wildman–Crippen LogP) is 3.52. The Morgan fingerprint density at radius 1 is 0.906 bits per heavy atom. The van der Waals surface area contributed by atoms with Crippen LogP contribution in [0.4, 0.5) is 0 Å². The number of pyridine rings is 1. The summed E-state index contributed by atoms with van der Waals surface area (Å²) >= 11 is 0. The molecule has 2 aliphatic heterocycles. The number of ketones is 1. The van der Waals surface area contributed by atoms with E-state index in [0.29, 0.717) is 0 Å². The molecule has 0 atom stereocenters. The van der Waals surface area contributed by atoms with Crippen LogP contribution in [0.15, 0.2) is 60.5 Å². The zero-order chi connectivity index (χ0) is 22.6. The third kappa shape index (κ3) is 3.79. The number of carbonyl (C=O) groups excluding carboxylic acids is 1. The normalized spacial score (nSPS) is 15.9. The van der Waals surface area contributed by atoms with Gasteiger partial charge >= 0.3 is 0 Å². The molecule has 0 unspecified atom stereocenters. The summed E-state index contributed by atoms with van der Waals surface area (Å²) in [6, 6.07) is 19.3. The molecule has 32 heavy (non-hydrogen) atoms. The zero-order valence-corrected chi connectivity index (χ0v) is 23.7. The topological polar surface area (TPSA) is 50.2 Å². The van der Waals surface area contributed by atoms with E-state index in [1.807, 2.05) is 12.3 Å². The number of hydrogen-bond donors (Lipinski definition) is 1. The maximum Gasteiger partial charge on any atom is 0.155 e. The summed E-state index contributed by atoms with van der Waals surface area (Å²) in [5.74, 6) is -0.0625. The van der Waals surface area contributed by atoms with Crippen LogP contribution in [0.2, 0.25) is 26.2 Å². The van der Waals surface area contributed by atoms with Gasteiger partial charge < -0.3 is 10.1 Å². The van der Waals surface area contributed by atoms with E-state index in [4.69, 9.17) is 10.1 Å². The van der Waals surface area contributed by atoms with E-state index in [1.165, 1.54) is 41.8 Å². The van der Waals surface area contributed by atoms with Crippen LogP contribution in [0, 0.1) is 6.07 Å². The van der Waals surface area contributed by atoms with Crippen molar-refractivity contribution in [1.29, 1.82) is 0 Å². The number of aliphatic hydroxyl groups is 1. The van der Waals surface area contributed by atoms with Crippen LogP contribution in [-0.4, -0.2) is 32.0 Å². The molecule has 1 aromatic heterocycles. The van der Waals surface area contributed by atoms with Crippen LogP contribution in [0.5, 0.6) is 0 Å². The van der Waals surface area contributed by atoms with Crippen LogP contribution >= 0.6 is 0 Å². The predicted molar refractivity (Wildman–Crippen MR) is 135 cm³/mol. The summed E-state index contributed by atoms with van der Waals surface area (Å²) in [5.41, 5.74) is 5.34. The molecule has 2 aromatic carbocycles. The molecule has 0 aliphatic carbocycles. The van der Waals surface area contributed by atoms with Gasteiger partial charge in [0.25, 0.3) is 0 Å². The first-order chi connectivity index (χ1) is 14.6. The maximum absolute atomic E-state index is 10.0. The molecule has 0 fully saturated rings. The van der Waals surface area contributed by atoms with Gasteiger partial charge in [0.15, 0.2) is 5.78 Å². The van der Waals surface area contributed by atoms with Gasteiger partial charge in [0.05, 0.1) is 13.8 Å². The van der Waals surface area contributed by atoms with Gasteiger partial charge in [-0.1, -0.05) is 54.8 Å². The van der Waals surface area contributed by atoms with Crippen LogP contribution in [0.25, 0.3) is 22.4 Å². The smallest absolute Gasteiger partial charge is 0.155 e. The van der Waals surface area contributed by atoms with Gasteiger partial charge in [-0.3, -0.25) is 4.79 Å². The van der Waals surface area contributed by atoms with Gasteiger partial charge in [0.2, 0.25) is 0 Å². The Hall–Kier alpha value is -2.12. The summed E-state index contributed by atoms with van der Waals surface area (Å²) in [6.45, 7) is 12.8. The Morgan fingerprint density at radius 3 is 2.03 bits per heavy atom. The molecule has 0 saturated carbocycles. The molecule has 3 aromatic rings. The number of aromatic nitrogens is 1. The Morgan fingerprint density at radius 2 is 1.47 bits per heavy atom. The van der Waals surface area contributed by atoms with Crippen molar-refractivity contribution in [1.82, 2.24) is 4.98 Å². The Balaban J connectivity index is 0.000000318. The second-order valence-corrected chi connectivity index (χ2v) is 18.1. The molecule has 0 spiro atoms. The number of benzene rings is 2. The molecule has 167 valence electrons. The van der Waals surface area contributed by atoms with Gasteiger partial charge in [-0.15, -0.1) is 35.0 Å². The van der Waals surface area contributed by atoms with E-state index in [1.54, 1.807) is 15.6 Å². The molecule has 0 saturated heterocycles. The van der Waals surface area contributed by atoms with Gasteiger partial charge in [0, 0.05) is 32.4 Å². The van der Waals surface area contributed by atoms with Crippen LogP contribution in [-0.2, 0) is 24.9 Å². The second kappa shape index (κ2) is 8.67. The van der Waals surface area contributed by atoms with E-state index in [0.717, 1.165) is 5.69 Å². The third-order valence-corrected chi connectivity index (χ3v) is 13.5. The van der Waals surface area contributed by atoms with Crippen molar-refractivity contribution >= 4 is 42.7 Å². The number of nitrogens with zero attached hydrogens (tertiary/aromatic N) is 1. The first-order valence-corrected chi connectivity index (χ1v) is 16.6. The Kier molecular flexibility index (Phi) is 6.65. The van der Waals surface area contributed by atoms with E-state index in [2.05, 4.69) is 68.7 Å². The van der Waals surface area contributed by atoms with Gasteiger partial charge in [0.1, 0.15) is 8.07 Å². The number of allylic oxidation sites excluding steroid dienone is 2. The molecule has 3 nitrogen and oxygen atoms in total. The molecule has 2 aliphatic rings. The molecule has 5 rings (SSSR count). The van der Waals surface area contributed by atoms with Crippen LogP contribution in [0.3, 0.4) is 0 Å². The summed E-state index contributed by atoms with van der Waals surface area (Å²) in [6.07, 6.45) is 3.18. The minimum Gasteiger partial charge on any atom is -0.512 e. The van der Waals surface area contributed by atoms with Crippen molar-refractivity contribution in [2.45, 2.75) is 40.0 Å². The van der Waals surface area contributed by atoms with E-state index >= 15 is 0 Å². The average Bonchev–Trinajstić information content (AvgIpc) is 2.90. The van der Waals surface area contributed by atoms with Crippen molar-refractivity contribution < 1.29 is 30.0 Å². The number of rotatable bonds is 1. The summed E-state index contributed by atoms with van der Waals surface area (Å²) in [5, 5.41) is 14.5. The summed E-state index contributed by atoms with van der Waals surface area (Å²) in [7, 11) is -3.43. The van der Waals surface area contributed by atoms with Crippen molar-refractivity contribution in [2.24, 2.45) is 0 Å². The minimum atomic E-state index is -1.79. The molecule has 3 heterocycles. The monoisotopic (exact) mass is 635 g/mol. The third-order valence-electron chi connectivity index (χ3n) is 6.46. The quantitative estimate of drug-likeness (QED) is 0.193. The maximum atomic E-state index is 10.0. The fourth-order valence-corrected chi connectivity index (χ4v) is 11.2. The second-order valence-electron chi connectivity index (χ2n) is 9.42. The van der Waals surface area contributed by atoms with E-state index in [-0.39, 0.29) is 31.6 Å². The molecule has 6 heteroatoms. The van der Waals surface area contributed by atoms with Gasteiger partial charge in [-0.05, 0) is 41.9 Å². The molecule has 1 radical (unpaired) electrons. The Labute approximate surface area is 206 Å². The number of carbonyl (C=O) groups is 1. The summed E-state index contributed by atoms with van der Waals surface area (Å²) in [4.78, 5) is 14.9. The molecule has 0 bridgehead atoms. The largest absolute Gasteiger partial charge is 0.512 e. The number of fused-ring (bicyclic) bond motifs is 2. The zero-order valence-electron chi connectivity index (χ0n) is 19.3. The minimum absolute atomic E-state index is 0. The molecular formula is C26H28IrNO2Si2-. The van der Waals surface area contributed by atoms with Crippen LogP contribution in [0.1, 0.15) is 13.8 Å². The van der Waals surface area contributed by atoms with Crippen molar-refractivity contribution in [3.8, 4) is 22.4 Å². The molecule has 0 amide bonds. The fraction of sp³-hybridized carbons (Fsp3) is 0.231. The molecule has 1 N–H and O–H groups in total. The number of aliphatic hydroxyl groups excluding tert-OH is 1. The Bertz CT molecular complexity index is 1240. The first-order valence-electron chi connectivity index (χ1n) is 10.6. The fourth-order valence-electron chi connectivity index (χ4n) is 5.03. The van der Waals surface area contributed by atoms with Gasteiger partial charge in [-0.25, -0.2) is 0 Å². The molecular weight excluding hydrogens is 607 g/mol.